The Morgan fingerprint density at radius 2 is 0.833 bits per heavy atom. The van der Waals surface area contributed by atoms with Gasteiger partial charge in [-0.25, -0.2) is 4.98 Å². The van der Waals surface area contributed by atoms with Gasteiger partial charge in [0.1, 0.15) is 0 Å². The van der Waals surface area contributed by atoms with Crippen molar-refractivity contribution in [2.24, 2.45) is 0 Å². The lowest BCUT2D eigenvalue weighted by Crippen LogP contribution is -1.93. The predicted octanol–water partition coefficient (Wildman–Crippen LogP) is 12.9. The van der Waals surface area contributed by atoms with E-state index in [1.54, 1.807) is 0 Å². The van der Waals surface area contributed by atoms with E-state index in [0.717, 1.165) is 22.2 Å². The Hall–Kier alpha value is -6.31. The first-order valence-electron chi connectivity index (χ1n) is 16.6. The van der Waals surface area contributed by atoms with Crippen molar-refractivity contribution in [1.82, 2.24) is 4.98 Å². The number of hydrogen-bond acceptors (Lipinski definition) is 1. The summed E-state index contributed by atoms with van der Waals surface area (Å²) in [5, 5.41) is 6.29. The first kappa shape index (κ1) is 26.9. The van der Waals surface area contributed by atoms with Gasteiger partial charge >= 0.3 is 0 Å². The minimum absolute atomic E-state index is 0.991. The third-order valence-corrected chi connectivity index (χ3v) is 9.99. The van der Waals surface area contributed by atoms with Crippen LogP contribution >= 0.6 is 0 Å². The van der Waals surface area contributed by atoms with Crippen LogP contribution in [-0.4, -0.2) is 4.98 Å². The molecule has 0 saturated heterocycles. The Kier molecular flexibility index (Phi) is 5.94. The van der Waals surface area contributed by atoms with E-state index in [0.29, 0.717) is 0 Å². The topological polar surface area (TPSA) is 12.9 Å². The average molecular weight is 608 g/mol. The highest BCUT2D eigenvalue weighted by molar-refractivity contribution is 6.28. The molecule has 222 valence electrons. The van der Waals surface area contributed by atoms with Crippen molar-refractivity contribution < 1.29 is 0 Å². The van der Waals surface area contributed by atoms with Gasteiger partial charge in [-0.3, -0.25) is 0 Å². The second-order valence-corrected chi connectivity index (χ2v) is 12.6. The molecule has 0 unspecified atom stereocenters. The van der Waals surface area contributed by atoms with Crippen LogP contribution in [0.25, 0.3) is 99.3 Å². The van der Waals surface area contributed by atoms with Gasteiger partial charge in [-0.15, -0.1) is 0 Å². The molecule has 0 radical (unpaired) electrons. The molecule has 1 aromatic heterocycles. The highest BCUT2D eigenvalue weighted by Gasteiger charge is 2.31. The van der Waals surface area contributed by atoms with Gasteiger partial charge in [0.2, 0.25) is 0 Å². The standard InChI is InChI=1S/C47H29N/c1-4-13-30(14-5-1)41-28-25-31-23-24-34(29-42(31)48-41)35-26-27-40-45-36(35)21-12-22-39(45)46-43(32-15-6-2-7-16-32)37-19-10-11-20-38(37)44(47(40)46)33-17-8-3-9-18-33/h1-29H. The van der Waals surface area contributed by atoms with E-state index < -0.39 is 0 Å². The van der Waals surface area contributed by atoms with Gasteiger partial charge < -0.3 is 0 Å². The summed E-state index contributed by atoms with van der Waals surface area (Å²) in [6, 6.07) is 63.8. The van der Waals surface area contributed by atoms with E-state index in [2.05, 4.69) is 170 Å². The van der Waals surface area contributed by atoms with E-state index in [1.165, 1.54) is 77.2 Å². The molecule has 0 atom stereocenters. The minimum Gasteiger partial charge on any atom is -0.248 e. The minimum atomic E-state index is 0.991. The van der Waals surface area contributed by atoms with E-state index in [-0.39, 0.29) is 0 Å². The number of fused-ring (bicyclic) bond motifs is 5. The van der Waals surface area contributed by atoms with Crippen molar-refractivity contribution in [3.8, 4) is 66.9 Å². The highest BCUT2D eigenvalue weighted by Crippen LogP contribution is 2.58. The number of benzene rings is 8. The fourth-order valence-electron chi connectivity index (χ4n) is 7.92. The van der Waals surface area contributed by atoms with Crippen LogP contribution < -0.4 is 0 Å². The molecule has 9 aromatic rings. The Morgan fingerprint density at radius 1 is 0.312 bits per heavy atom. The second-order valence-electron chi connectivity index (χ2n) is 12.6. The molecule has 0 bridgehead atoms. The molecule has 0 spiro atoms. The number of rotatable bonds is 4. The molecular weight excluding hydrogens is 579 g/mol. The summed E-state index contributed by atoms with van der Waals surface area (Å²) in [7, 11) is 0. The fourth-order valence-corrected chi connectivity index (χ4v) is 7.92. The summed E-state index contributed by atoms with van der Waals surface area (Å²) in [5.74, 6) is 0. The Morgan fingerprint density at radius 3 is 1.48 bits per heavy atom. The molecule has 0 fully saturated rings. The SMILES string of the molecule is c1ccc(-c2ccc3ccc(-c4ccc5c6c(cccc46)-c4c-5c(-c5ccccc5)c5ccccc5c4-c4ccccc4)cc3n2)cc1. The molecule has 1 nitrogen and oxygen atoms in total. The lowest BCUT2D eigenvalue weighted by Gasteiger charge is -2.20. The molecule has 1 aliphatic carbocycles. The summed E-state index contributed by atoms with van der Waals surface area (Å²) in [4.78, 5) is 5.11. The van der Waals surface area contributed by atoms with Crippen molar-refractivity contribution in [2.75, 3.05) is 0 Å². The van der Waals surface area contributed by atoms with Gasteiger partial charge in [0.05, 0.1) is 11.2 Å². The van der Waals surface area contributed by atoms with Crippen molar-refractivity contribution in [3.05, 3.63) is 176 Å². The van der Waals surface area contributed by atoms with Crippen LogP contribution in [0.1, 0.15) is 0 Å². The van der Waals surface area contributed by atoms with Crippen LogP contribution in [0.5, 0.6) is 0 Å². The fraction of sp³-hybridized carbons (Fsp3) is 0. The van der Waals surface area contributed by atoms with Gasteiger partial charge in [-0.2, -0.15) is 0 Å². The van der Waals surface area contributed by atoms with Crippen molar-refractivity contribution >= 4 is 32.4 Å². The maximum atomic E-state index is 5.11. The van der Waals surface area contributed by atoms with E-state index >= 15 is 0 Å². The Labute approximate surface area is 279 Å². The molecule has 0 saturated carbocycles. The molecular formula is C47H29N. The maximum absolute atomic E-state index is 5.11. The summed E-state index contributed by atoms with van der Waals surface area (Å²) in [5.41, 5.74) is 15.9. The van der Waals surface area contributed by atoms with Crippen LogP contribution in [0.3, 0.4) is 0 Å². The summed E-state index contributed by atoms with van der Waals surface area (Å²) < 4.78 is 0. The van der Waals surface area contributed by atoms with E-state index in [1.807, 2.05) is 6.07 Å². The maximum Gasteiger partial charge on any atom is 0.0715 e. The number of pyridine rings is 1. The van der Waals surface area contributed by atoms with Gasteiger partial charge in [0, 0.05) is 10.9 Å². The monoisotopic (exact) mass is 607 g/mol. The first-order valence-corrected chi connectivity index (χ1v) is 16.6. The molecule has 1 heterocycles. The van der Waals surface area contributed by atoms with Crippen molar-refractivity contribution in [3.63, 3.8) is 0 Å². The van der Waals surface area contributed by atoms with Gasteiger partial charge in [-0.05, 0) is 89.3 Å². The van der Waals surface area contributed by atoms with Crippen molar-refractivity contribution in [2.45, 2.75) is 0 Å². The zero-order valence-electron chi connectivity index (χ0n) is 26.2. The van der Waals surface area contributed by atoms with Crippen LogP contribution in [0.15, 0.2) is 176 Å². The normalized spacial score (nSPS) is 11.8. The predicted molar refractivity (Wildman–Crippen MR) is 203 cm³/mol. The zero-order valence-corrected chi connectivity index (χ0v) is 26.2. The van der Waals surface area contributed by atoms with Gasteiger partial charge in [0.25, 0.3) is 0 Å². The van der Waals surface area contributed by atoms with E-state index in [4.69, 9.17) is 4.98 Å². The molecule has 1 aliphatic rings. The highest BCUT2D eigenvalue weighted by atomic mass is 14.7. The van der Waals surface area contributed by atoms with E-state index in [9.17, 15) is 0 Å². The molecule has 10 rings (SSSR count). The van der Waals surface area contributed by atoms with Crippen molar-refractivity contribution in [1.29, 1.82) is 0 Å². The van der Waals surface area contributed by atoms with Crippen LogP contribution in [0.2, 0.25) is 0 Å². The molecule has 8 aromatic carbocycles. The lowest BCUT2D eigenvalue weighted by molar-refractivity contribution is 1.40. The molecule has 1 heteroatoms. The molecule has 0 amide bonds. The summed E-state index contributed by atoms with van der Waals surface area (Å²) in [6.07, 6.45) is 0. The first-order chi connectivity index (χ1) is 23.8. The van der Waals surface area contributed by atoms with Gasteiger partial charge in [0.15, 0.2) is 0 Å². The zero-order chi connectivity index (χ0) is 31.6. The number of aromatic nitrogens is 1. The van der Waals surface area contributed by atoms with Gasteiger partial charge in [-0.1, -0.05) is 164 Å². The quantitative estimate of drug-likeness (QED) is 0.194. The van der Waals surface area contributed by atoms with Crippen LogP contribution in [0, 0.1) is 0 Å². The number of hydrogen-bond donors (Lipinski definition) is 0. The van der Waals surface area contributed by atoms with Crippen LogP contribution in [0.4, 0.5) is 0 Å². The summed E-state index contributed by atoms with van der Waals surface area (Å²) in [6.45, 7) is 0. The molecule has 0 aliphatic heterocycles. The smallest absolute Gasteiger partial charge is 0.0715 e. The Bertz CT molecular complexity index is 2600. The average Bonchev–Trinajstić information content (AvgIpc) is 3.49. The second kappa shape index (κ2) is 10.6. The Balaban J connectivity index is 1.26. The molecule has 48 heavy (non-hydrogen) atoms. The largest absolute Gasteiger partial charge is 0.248 e. The molecule has 0 N–H and O–H groups in total. The third kappa shape index (κ3) is 4.01. The lowest BCUT2D eigenvalue weighted by atomic mass is 9.82. The third-order valence-electron chi connectivity index (χ3n) is 9.99. The summed E-state index contributed by atoms with van der Waals surface area (Å²) >= 11 is 0. The van der Waals surface area contributed by atoms with Crippen LogP contribution in [-0.2, 0) is 0 Å². The number of nitrogens with zero attached hydrogens (tertiary/aromatic N) is 1.